The second kappa shape index (κ2) is 6.02. The van der Waals surface area contributed by atoms with Crippen molar-refractivity contribution in [2.24, 2.45) is 10.2 Å². The summed E-state index contributed by atoms with van der Waals surface area (Å²) in [5.41, 5.74) is 1.07. The van der Waals surface area contributed by atoms with Gasteiger partial charge in [-0.2, -0.15) is 5.11 Å². The van der Waals surface area contributed by atoms with Crippen molar-refractivity contribution < 1.29 is 0 Å². The van der Waals surface area contributed by atoms with Crippen LogP contribution in [0, 0.1) is 0 Å². The molecule has 1 heterocycles. The molecule has 0 spiro atoms. The third kappa shape index (κ3) is 3.34. The van der Waals surface area contributed by atoms with Gasteiger partial charge in [-0.25, -0.2) is 9.97 Å². The zero-order valence-corrected chi connectivity index (χ0v) is 11.9. The van der Waals surface area contributed by atoms with Crippen molar-refractivity contribution in [3.05, 3.63) is 51.8 Å². The summed E-state index contributed by atoms with van der Waals surface area (Å²) in [4.78, 5) is 7.88. The van der Waals surface area contributed by atoms with Gasteiger partial charge in [0, 0.05) is 16.9 Å². The van der Waals surface area contributed by atoms with Crippen LogP contribution in [0.25, 0.3) is 0 Å². The lowest BCUT2D eigenvalue weighted by atomic mass is 10.1. The molecule has 92 valence electrons. The molecule has 0 amide bonds. The van der Waals surface area contributed by atoms with E-state index < -0.39 is 0 Å². The maximum absolute atomic E-state index is 5.84. The average Bonchev–Trinajstić information content (AvgIpc) is 2.38. The number of azo groups is 1. The first-order valence-corrected chi connectivity index (χ1v) is 6.47. The molecular formula is C12H10BrClN4. The fourth-order valence-corrected chi connectivity index (χ4v) is 1.74. The molecular weight excluding hydrogens is 316 g/mol. The molecule has 0 fully saturated rings. The molecule has 0 N–H and O–H groups in total. The summed E-state index contributed by atoms with van der Waals surface area (Å²) >= 11 is 9.23. The van der Waals surface area contributed by atoms with Gasteiger partial charge in [0.1, 0.15) is 0 Å². The van der Waals surface area contributed by atoms with E-state index in [2.05, 4.69) is 36.1 Å². The Morgan fingerprint density at radius 1 is 1.17 bits per heavy atom. The Hall–Kier alpha value is -1.33. The number of halogens is 2. The van der Waals surface area contributed by atoms with Gasteiger partial charge in [-0.15, -0.1) is 5.11 Å². The van der Waals surface area contributed by atoms with Gasteiger partial charge >= 0.3 is 0 Å². The van der Waals surface area contributed by atoms with Crippen LogP contribution in [-0.4, -0.2) is 9.97 Å². The second-order valence-electron chi connectivity index (χ2n) is 3.61. The van der Waals surface area contributed by atoms with Gasteiger partial charge in [-0.3, -0.25) is 0 Å². The first-order valence-electron chi connectivity index (χ1n) is 5.29. The normalized spacial score (nSPS) is 12.8. The smallest absolute Gasteiger partial charge is 0.211 e. The third-order valence-corrected chi connectivity index (χ3v) is 3.11. The van der Waals surface area contributed by atoms with Crippen LogP contribution in [-0.2, 0) is 0 Å². The van der Waals surface area contributed by atoms with Crippen molar-refractivity contribution in [3.63, 3.8) is 0 Å². The van der Waals surface area contributed by atoms with Gasteiger partial charge in [-0.1, -0.05) is 39.7 Å². The van der Waals surface area contributed by atoms with Crippen LogP contribution in [0.2, 0.25) is 5.15 Å². The minimum absolute atomic E-state index is 0.0591. The molecule has 1 atom stereocenters. The molecule has 0 radical (unpaired) electrons. The topological polar surface area (TPSA) is 50.5 Å². The van der Waals surface area contributed by atoms with Crippen LogP contribution in [0.15, 0.2) is 51.4 Å². The highest BCUT2D eigenvalue weighted by Gasteiger charge is 2.05. The van der Waals surface area contributed by atoms with Crippen LogP contribution < -0.4 is 0 Å². The SMILES string of the molecule is CC(N=Nc1nccnc1Cl)c1ccc(Br)cc1. The maximum Gasteiger partial charge on any atom is 0.211 e. The molecule has 1 aromatic heterocycles. The molecule has 0 bridgehead atoms. The Bertz CT molecular complexity index is 556. The molecule has 0 saturated carbocycles. The van der Waals surface area contributed by atoms with Crippen molar-refractivity contribution in [1.82, 2.24) is 9.97 Å². The largest absolute Gasteiger partial charge is 0.239 e. The Morgan fingerprint density at radius 3 is 2.50 bits per heavy atom. The van der Waals surface area contributed by atoms with Gasteiger partial charge in [0.2, 0.25) is 5.82 Å². The molecule has 2 aromatic rings. The summed E-state index contributed by atoms with van der Waals surface area (Å²) in [6.07, 6.45) is 3.05. The van der Waals surface area contributed by atoms with E-state index in [-0.39, 0.29) is 11.2 Å². The minimum atomic E-state index is -0.0591. The first-order chi connectivity index (χ1) is 8.66. The van der Waals surface area contributed by atoms with Crippen molar-refractivity contribution in [3.8, 4) is 0 Å². The summed E-state index contributed by atoms with van der Waals surface area (Å²) < 4.78 is 1.03. The molecule has 0 aliphatic heterocycles. The first kappa shape index (κ1) is 13.1. The number of nitrogens with zero attached hydrogens (tertiary/aromatic N) is 4. The molecule has 0 aliphatic rings. The van der Waals surface area contributed by atoms with E-state index >= 15 is 0 Å². The second-order valence-corrected chi connectivity index (χ2v) is 4.89. The Morgan fingerprint density at radius 2 is 1.83 bits per heavy atom. The zero-order valence-electron chi connectivity index (χ0n) is 9.59. The highest BCUT2D eigenvalue weighted by Crippen LogP contribution is 2.23. The third-order valence-electron chi connectivity index (χ3n) is 2.31. The van der Waals surface area contributed by atoms with Crippen molar-refractivity contribution in [2.75, 3.05) is 0 Å². The Labute approximate surface area is 118 Å². The lowest BCUT2D eigenvalue weighted by molar-refractivity contribution is 0.759. The number of benzene rings is 1. The summed E-state index contributed by atoms with van der Waals surface area (Å²) in [7, 11) is 0. The maximum atomic E-state index is 5.84. The van der Waals surface area contributed by atoms with Crippen molar-refractivity contribution >= 4 is 33.3 Å². The van der Waals surface area contributed by atoms with Crippen LogP contribution >= 0.6 is 27.5 Å². The molecule has 6 heteroatoms. The highest BCUT2D eigenvalue weighted by molar-refractivity contribution is 9.10. The summed E-state index contributed by atoms with van der Waals surface area (Å²) in [6.45, 7) is 1.96. The highest BCUT2D eigenvalue weighted by atomic mass is 79.9. The molecule has 18 heavy (non-hydrogen) atoms. The molecule has 4 nitrogen and oxygen atoms in total. The van der Waals surface area contributed by atoms with Crippen LogP contribution in [0.1, 0.15) is 18.5 Å². The predicted molar refractivity (Wildman–Crippen MR) is 74.1 cm³/mol. The van der Waals surface area contributed by atoms with E-state index in [0.29, 0.717) is 5.82 Å². The summed E-state index contributed by atoms with van der Waals surface area (Å²) in [6, 6.07) is 7.86. The van der Waals surface area contributed by atoms with Crippen molar-refractivity contribution in [2.45, 2.75) is 13.0 Å². The fourth-order valence-electron chi connectivity index (χ4n) is 1.33. The molecule has 2 rings (SSSR count). The fraction of sp³-hybridized carbons (Fsp3) is 0.167. The van der Waals surface area contributed by atoms with Crippen LogP contribution in [0.5, 0.6) is 0 Å². The predicted octanol–water partition coefficient (Wildman–Crippen LogP) is 4.74. The van der Waals surface area contributed by atoms with E-state index in [0.717, 1.165) is 10.0 Å². The van der Waals surface area contributed by atoms with Crippen LogP contribution in [0.4, 0.5) is 5.82 Å². The Kier molecular flexibility index (Phi) is 4.38. The average molecular weight is 326 g/mol. The molecule has 1 unspecified atom stereocenters. The lowest BCUT2D eigenvalue weighted by Crippen LogP contribution is -1.88. The monoisotopic (exact) mass is 324 g/mol. The molecule has 0 saturated heterocycles. The van der Waals surface area contributed by atoms with E-state index in [1.54, 1.807) is 0 Å². The van der Waals surface area contributed by atoms with Gasteiger partial charge in [0.15, 0.2) is 5.15 Å². The van der Waals surface area contributed by atoms with E-state index in [1.165, 1.54) is 12.4 Å². The van der Waals surface area contributed by atoms with E-state index in [1.807, 2.05) is 31.2 Å². The van der Waals surface area contributed by atoms with Gasteiger partial charge < -0.3 is 0 Å². The van der Waals surface area contributed by atoms with Crippen molar-refractivity contribution in [1.29, 1.82) is 0 Å². The molecule has 1 aromatic carbocycles. The minimum Gasteiger partial charge on any atom is -0.239 e. The van der Waals surface area contributed by atoms with E-state index in [9.17, 15) is 0 Å². The van der Waals surface area contributed by atoms with Gasteiger partial charge in [0.25, 0.3) is 0 Å². The van der Waals surface area contributed by atoms with Crippen LogP contribution in [0.3, 0.4) is 0 Å². The lowest BCUT2D eigenvalue weighted by Gasteiger charge is -2.04. The zero-order chi connectivity index (χ0) is 13.0. The number of hydrogen-bond donors (Lipinski definition) is 0. The number of rotatable bonds is 3. The van der Waals surface area contributed by atoms with E-state index in [4.69, 9.17) is 11.6 Å². The number of aromatic nitrogens is 2. The van der Waals surface area contributed by atoms with Gasteiger partial charge in [0.05, 0.1) is 6.04 Å². The Balaban J connectivity index is 2.14. The summed E-state index contributed by atoms with van der Waals surface area (Å²) in [5.74, 6) is 0.336. The molecule has 0 aliphatic carbocycles. The number of hydrogen-bond acceptors (Lipinski definition) is 4. The standard InChI is InChI=1S/C12H10BrClN4/c1-8(9-2-4-10(13)5-3-9)17-18-12-11(14)15-6-7-16-12/h2-8H,1H3. The summed E-state index contributed by atoms with van der Waals surface area (Å²) in [5, 5.41) is 8.44. The van der Waals surface area contributed by atoms with Gasteiger partial charge in [-0.05, 0) is 24.6 Å². The quantitative estimate of drug-likeness (QED) is 0.765.